The second-order valence-electron chi connectivity index (χ2n) is 3.53. The largest absolute Gasteiger partial charge is 0.422 e. The van der Waals surface area contributed by atoms with E-state index in [1.807, 2.05) is 6.07 Å². The van der Waals surface area contributed by atoms with Crippen LogP contribution >= 0.6 is 11.6 Å². The molecular formula is C12H8ClFN4O. The first-order valence-electron chi connectivity index (χ1n) is 5.22. The fraction of sp³-hybridized carbons (Fsp3) is 0.0833. The molecule has 96 valence electrons. The number of aromatic nitrogens is 1. The van der Waals surface area contributed by atoms with E-state index in [9.17, 15) is 4.39 Å². The summed E-state index contributed by atoms with van der Waals surface area (Å²) in [4.78, 5) is 3.83. The summed E-state index contributed by atoms with van der Waals surface area (Å²) >= 11 is 5.83. The van der Waals surface area contributed by atoms with Gasteiger partial charge in [-0.3, -0.25) is 0 Å². The first kappa shape index (κ1) is 13.1. The van der Waals surface area contributed by atoms with Crippen molar-refractivity contribution in [3.63, 3.8) is 0 Å². The number of aryl methyl sites for hydroxylation is 1. The zero-order valence-electron chi connectivity index (χ0n) is 9.82. The van der Waals surface area contributed by atoms with Crippen LogP contribution in [0, 0.1) is 24.1 Å². The van der Waals surface area contributed by atoms with E-state index in [1.165, 1.54) is 18.3 Å². The molecule has 5 nitrogen and oxygen atoms in total. The first-order chi connectivity index (χ1) is 9.11. The molecule has 0 spiro atoms. The number of hydrogen-bond acceptors (Lipinski definition) is 5. The van der Waals surface area contributed by atoms with E-state index in [2.05, 4.69) is 15.5 Å². The highest BCUT2D eigenvalue weighted by Gasteiger charge is 2.09. The molecule has 2 rings (SSSR count). The van der Waals surface area contributed by atoms with Gasteiger partial charge < -0.3 is 4.42 Å². The lowest BCUT2D eigenvalue weighted by Crippen LogP contribution is -1.94. The molecule has 0 radical (unpaired) electrons. The van der Waals surface area contributed by atoms with Crippen LogP contribution < -0.4 is 5.43 Å². The normalized spacial score (nSPS) is 10.6. The van der Waals surface area contributed by atoms with Gasteiger partial charge >= 0.3 is 0 Å². The Bertz CT molecular complexity index is 655. The smallest absolute Gasteiger partial charge is 0.252 e. The molecule has 0 bridgehead atoms. The van der Waals surface area contributed by atoms with Crippen molar-refractivity contribution in [3.8, 4) is 6.07 Å². The summed E-state index contributed by atoms with van der Waals surface area (Å²) in [6.07, 6.45) is 1.21. The molecule has 2 aromatic rings. The lowest BCUT2D eigenvalue weighted by atomic mass is 10.2. The molecule has 7 heteroatoms. The molecule has 0 fully saturated rings. The molecule has 1 aromatic heterocycles. The third-order valence-electron chi connectivity index (χ3n) is 2.20. The maximum absolute atomic E-state index is 13.4. The Labute approximate surface area is 113 Å². The Morgan fingerprint density at radius 1 is 1.58 bits per heavy atom. The highest BCUT2D eigenvalue weighted by molar-refractivity contribution is 6.33. The summed E-state index contributed by atoms with van der Waals surface area (Å²) in [7, 11) is 0. The van der Waals surface area contributed by atoms with E-state index in [0.717, 1.165) is 0 Å². The van der Waals surface area contributed by atoms with Gasteiger partial charge in [-0.2, -0.15) is 10.4 Å². The highest BCUT2D eigenvalue weighted by atomic mass is 35.5. The van der Waals surface area contributed by atoms with Crippen LogP contribution in [0.1, 0.15) is 17.1 Å². The Balaban J connectivity index is 2.19. The number of nitrogens with one attached hydrogen (secondary N) is 1. The lowest BCUT2D eigenvalue weighted by Gasteiger charge is -1.99. The van der Waals surface area contributed by atoms with Crippen LogP contribution in [0.2, 0.25) is 5.02 Å². The van der Waals surface area contributed by atoms with Crippen LogP contribution in [0.15, 0.2) is 27.7 Å². The summed E-state index contributed by atoms with van der Waals surface area (Å²) in [6.45, 7) is 1.60. The van der Waals surface area contributed by atoms with Crippen molar-refractivity contribution in [1.29, 1.82) is 5.26 Å². The van der Waals surface area contributed by atoms with E-state index >= 15 is 0 Å². The van der Waals surface area contributed by atoms with Crippen molar-refractivity contribution in [2.75, 3.05) is 5.43 Å². The van der Waals surface area contributed by atoms with Gasteiger partial charge in [0.05, 0.1) is 11.2 Å². The van der Waals surface area contributed by atoms with Gasteiger partial charge in [-0.05, 0) is 12.1 Å². The van der Waals surface area contributed by atoms with Crippen LogP contribution in [-0.4, -0.2) is 11.2 Å². The Hall–Kier alpha value is -2.39. The third-order valence-corrected chi connectivity index (χ3v) is 2.53. The van der Waals surface area contributed by atoms with Crippen LogP contribution in [-0.2, 0) is 0 Å². The molecule has 0 saturated heterocycles. The number of anilines is 1. The van der Waals surface area contributed by atoms with Gasteiger partial charge in [0.25, 0.3) is 5.88 Å². The molecule has 0 aliphatic carbocycles. The number of halogens is 2. The zero-order chi connectivity index (χ0) is 13.8. The fourth-order valence-corrected chi connectivity index (χ4v) is 1.58. The maximum Gasteiger partial charge on any atom is 0.252 e. The maximum atomic E-state index is 13.4. The van der Waals surface area contributed by atoms with Gasteiger partial charge in [-0.25, -0.2) is 14.8 Å². The molecule has 1 heterocycles. The van der Waals surface area contributed by atoms with Gasteiger partial charge in [0, 0.05) is 12.5 Å². The number of nitrogens with zero attached hydrogens (tertiary/aromatic N) is 3. The minimum Gasteiger partial charge on any atom is -0.422 e. The molecule has 0 unspecified atom stereocenters. The van der Waals surface area contributed by atoms with E-state index < -0.39 is 5.82 Å². The van der Waals surface area contributed by atoms with E-state index in [0.29, 0.717) is 5.89 Å². The Morgan fingerprint density at radius 2 is 2.37 bits per heavy atom. The Morgan fingerprint density at radius 3 is 3.05 bits per heavy atom. The molecule has 1 N–H and O–H groups in total. The van der Waals surface area contributed by atoms with Crippen LogP contribution in [0.5, 0.6) is 0 Å². The van der Waals surface area contributed by atoms with Crippen molar-refractivity contribution in [1.82, 2.24) is 4.98 Å². The second-order valence-corrected chi connectivity index (χ2v) is 3.93. The number of rotatable bonds is 3. The van der Waals surface area contributed by atoms with Crippen LogP contribution in [0.25, 0.3) is 0 Å². The van der Waals surface area contributed by atoms with E-state index in [1.54, 1.807) is 13.0 Å². The molecule has 0 aliphatic rings. The second kappa shape index (κ2) is 5.50. The van der Waals surface area contributed by atoms with Crippen LogP contribution in [0.3, 0.4) is 0 Å². The Kier molecular flexibility index (Phi) is 3.78. The molecule has 0 amide bonds. The predicted octanol–water partition coefficient (Wildman–Crippen LogP) is 3.09. The molecule has 1 aromatic carbocycles. The van der Waals surface area contributed by atoms with Crippen LogP contribution in [0.4, 0.5) is 10.3 Å². The quantitative estimate of drug-likeness (QED) is 0.691. The summed E-state index contributed by atoms with van der Waals surface area (Å²) < 4.78 is 18.6. The highest BCUT2D eigenvalue weighted by Crippen LogP contribution is 2.18. The minimum absolute atomic E-state index is 0.0780. The van der Waals surface area contributed by atoms with E-state index in [-0.39, 0.29) is 22.2 Å². The summed E-state index contributed by atoms with van der Waals surface area (Å²) in [6, 6.07) is 6.16. The number of benzene rings is 1. The molecule has 0 atom stereocenters. The fourth-order valence-electron chi connectivity index (χ4n) is 1.37. The average Bonchev–Trinajstić information content (AvgIpc) is 2.73. The predicted molar refractivity (Wildman–Crippen MR) is 68.6 cm³/mol. The number of nitriles is 1. The van der Waals surface area contributed by atoms with Gasteiger partial charge in [0.2, 0.25) is 5.69 Å². The van der Waals surface area contributed by atoms with Gasteiger partial charge in [-0.15, -0.1) is 0 Å². The van der Waals surface area contributed by atoms with Crippen molar-refractivity contribution in [2.24, 2.45) is 5.10 Å². The molecule has 0 saturated carbocycles. The van der Waals surface area contributed by atoms with Gasteiger partial charge in [0.1, 0.15) is 11.9 Å². The van der Waals surface area contributed by atoms with Crippen molar-refractivity contribution >= 4 is 23.7 Å². The molecular weight excluding hydrogens is 271 g/mol. The number of oxazole rings is 1. The minimum atomic E-state index is -0.493. The van der Waals surface area contributed by atoms with Crippen molar-refractivity contribution < 1.29 is 8.81 Å². The molecule has 0 aliphatic heterocycles. The average molecular weight is 279 g/mol. The van der Waals surface area contributed by atoms with Crippen molar-refractivity contribution in [3.05, 3.63) is 46.2 Å². The molecule has 19 heavy (non-hydrogen) atoms. The monoisotopic (exact) mass is 278 g/mol. The van der Waals surface area contributed by atoms with Gasteiger partial charge in [0.15, 0.2) is 5.89 Å². The van der Waals surface area contributed by atoms with E-state index in [4.69, 9.17) is 21.3 Å². The SMILES string of the molecule is Cc1nc(C#N)c(N/N=C/c2c(F)cccc2Cl)o1. The van der Waals surface area contributed by atoms with Gasteiger partial charge in [-0.1, -0.05) is 17.7 Å². The number of hydrogen-bond donors (Lipinski definition) is 1. The summed E-state index contributed by atoms with van der Waals surface area (Å²) in [5.74, 6) is -0.0609. The lowest BCUT2D eigenvalue weighted by molar-refractivity contribution is 0.533. The third kappa shape index (κ3) is 2.89. The summed E-state index contributed by atoms with van der Waals surface area (Å²) in [5, 5.41) is 12.8. The standard InChI is InChI=1S/C12H8ClFN4O/c1-7-17-11(5-15)12(19-7)18-16-6-8-9(13)3-2-4-10(8)14/h2-4,6,18H,1H3/b16-6+. The first-order valence-corrected chi connectivity index (χ1v) is 5.60. The zero-order valence-corrected chi connectivity index (χ0v) is 10.6. The summed E-state index contributed by atoms with van der Waals surface area (Å²) in [5.41, 5.74) is 2.70. The topological polar surface area (TPSA) is 74.2 Å². The number of hydrazone groups is 1. The van der Waals surface area contributed by atoms with Crippen molar-refractivity contribution in [2.45, 2.75) is 6.92 Å².